The maximum Gasteiger partial charge on any atom is 0.272 e. The second-order valence-electron chi connectivity index (χ2n) is 5.34. The van der Waals surface area contributed by atoms with E-state index in [2.05, 4.69) is 10.4 Å². The molecule has 3 aromatic rings. The quantitative estimate of drug-likeness (QED) is 0.717. The van der Waals surface area contributed by atoms with Crippen molar-refractivity contribution in [2.24, 2.45) is 0 Å². The molecule has 126 valence electrons. The summed E-state index contributed by atoms with van der Waals surface area (Å²) in [5.74, 6) is -0.537. The van der Waals surface area contributed by atoms with Gasteiger partial charge in [0.2, 0.25) is 5.91 Å². The molecule has 0 spiro atoms. The molecule has 7 heteroatoms. The number of aromatic nitrogens is 2. The highest BCUT2D eigenvalue weighted by Crippen LogP contribution is 2.26. The Morgan fingerprint density at radius 1 is 1.08 bits per heavy atom. The van der Waals surface area contributed by atoms with Gasteiger partial charge in [0.05, 0.1) is 11.4 Å². The Hall–Kier alpha value is -2.99. The number of nitrogens with one attached hydrogen (secondary N) is 1. The molecule has 0 fully saturated rings. The van der Waals surface area contributed by atoms with Gasteiger partial charge >= 0.3 is 0 Å². The van der Waals surface area contributed by atoms with Crippen molar-refractivity contribution in [3.63, 3.8) is 0 Å². The fourth-order valence-electron chi connectivity index (χ4n) is 2.39. The van der Waals surface area contributed by atoms with Crippen molar-refractivity contribution < 1.29 is 14.0 Å². The number of halogens is 2. The van der Waals surface area contributed by atoms with Crippen molar-refractivity contribution >= 4 is 28.4 Å². The summed E-state index contributed by atoms with van der Waals surface area (Å²) in [5.41, 5.74) is 2.70. The first kappa shape index (κ1) is 16.9. The lowest BCUT2D eigenvalue weighted by molar-refractivity contribution is -0.114. The molecule has 25 heavy (non-hydrogen) atoms. The monoisotopic (exact) mass is 357 g/mol. The summed E-state index contributed by atoms with van der Waals surface area (Å²) in [6.45, 7) is 1.43. The zero-order chi connectivity index (χ0) is 18.0. The number of carbonyl (C=O) groups is 2. The van der Waals surface area contributed by atoms with Gasteiger partial charge in [-0.1, -0.05) is 12.1 Å². The van der Waals surface area contributed by atoms with Crippen molar-refractivity contribution in [2.45, 2.75) is 6.92 Å². The van der Waals surface area contributed by atoms with Crippen molar-refractivity contribution in [3.8, 4) is 16.9 Å². The average Bonchev–Trinajstić information content (AvgIpc) is 3.01. The van der Waals surface area contributed by atoms with Crippen LogP contribution in [0.1, 0.15) is 17.4 Å². The van der Waals surface area contributed by atoms with Gasteiger partial charge in [0.25, 0.3) is 5.24 Å². The molecule has 3 rings (SSSR count). The largest absolute Gasteiger partial charge is 0.326 e. The van der Waals surface area contributed by atoms with Gasteiger partial charge in [-0.3, -0.25) is 9.59 Å². The number of hydrogen-bond acceptors (Lipinski definition) is 3. The predicted octanol–water partition coefficient (Wildman–Crippen LogP) is 4.02. The van der Waals surface area contributed by atoms with Crippen LogP contribution >= 0.6 is 11.6 Å². The molecule has 0 bridgehead atoms. The van der Waals surface area contributed by atoms with Crippen LogP contribution in [0, 0.1) is 5.82 Å². The highest BCUT2D eigenvalue weighted by molar-refractivity contribution is 6.67. The number of amides is 1. The zero-order valence-electron chi connectivity index (χ0n) is 13.2. The van der Waals surface area contributed by atoms with E-state index in [1.807, 2.05) is 0 Å². The first-order valence-corrected chi connectivity index (χ1v) is 7.76. The minimum atomic E-state index is -0.683. The number of rotatable bonds is 4. The molecule has 0 unspecified atom stereocenters. The van der Waals surface area contributed by atoms with Gasteiger partial charge in [-0.25, -0.2) is 9.07 Å². The predicted molar refractivity (Wildman–Crippen MR) is 93.4 cm³/mol. The Morgan fingerprint density at radius 3 is 2.28 bits per heavy atom. The van der Waals surface area contributed by atoms with Gasteiger partial charge in [0.1, 0.15) is 11.5 Å². The zero-order valence-corrected chi connectivity index (χ0v) is 13.9. The maximum absolute atomic E-state index is 13.2. The summed E-state index contributed by atoms with van der Waals surface area (Å²) in [6.07, 6.45) is 0. The first-order chi connectivity index (χ1) is 11.9. The Morgan fingerprint density at radius 2 is 1.72 bits per heavy atom. The fourth-order valence-corrected chi connectivity index (χ4v) is 2.48. The molecule has 0 aliphatic rings. The molecule has 0 aliphatic heterocycles. The van der Waals surface area contributed by atoms with E-state index in [1.54, 1.807) is 42.5 Å². The summed E-state index contributed by atoms with van der Waals surface area (Å²) in [4.78, 5) is 22.6. The Balaban J connectivity index is 2.06. The molecular formula is C18H13ClFN3O2. The summed E-state index contributed by atoms with van der Waals surface area (Å²) in [5, 5.41) is 6.20. The lowest BCUT2D eigenvalue weighted by Gasteiger charge is -2.08. The van der Waals surface area contributed by atoms with Crippen molar-refractivity contribution in [2.75, 3.05) is 5.32 Å². The van der Waals surface area contributed by atoms with Crippen LogP contribution < -0.4 is 5.32 Å². The van der Waals surface area contributed by atoms with E-state index < -0.39 is 5.24 Å². The summed E-state index contributed by atoms with van der Waals surface area (Å²) in [7, 11) is 0. The van der Waals surface area contributed by atoms with Crippen LogP contribution in [-0.2, 0) is 4.79 Å². The molecule has 1 aromatic heterocycles. The molecule has 0 radical (unpaired) electrons. The summed E-state index contributed by atoms with van der Waals surface area (Å²) < 4.78 is 14.7. The molecular weight excluding hydrogens is 345 g/mol. The van der Waals surface area contributed by atoms with E-state index in [0.29, 0.717) is 17.1 Å². The smallest absolute Gasteiger partial charge is 0.272 e. The van der Waals surface area contributed by atoms with Crippen LogP contribution in [0.15, 0.2) is 54.6 Å². The highest BCUT2D eigenvalue weighted by Gasteiger charge is 2.15. The molecule has 1 heterocycles. The van der Waals surface area contributed by atoms with Gasteiger partial charge in [0, 0.05) is 18.2 Å². The standard InChI is InChI=1S/C18H13ClFN3O2/c1-11(24)21-14-6-2-12(3-7-14)17-10-16(18(19)25)22-23(17)15-8-4-13(20)5-9-15/h2-10H,1H3,(H,21,24). The highest BCUT2D eigenvalue weighted by atomic mass is 35.5. The minimum Gasteiger partial charge on any atom is -0.326 e. The third-order valence-electron chi connectivity index (χ3n) is 3.48. The second kappa shape index (κ2) is 6.86. The van der Waals surface area contributed by atoms with Gasteiger partial charge < -0.3 is 5.32 Å². The second-order valence-corrected chi connectivity index (χ2v) is 5.68. The molecule has 1 amide bonds. The van der Waals surface area contributed by atoms with E-state index in [0.717, 1.165) is 5.56 Å². The van der Waals surface area contributed by atoms with Crippen LogP contribution in [0.3, 0.4) is 0 Å². The van der Waals surface area contributed by atoms with E-state index in [1.165, 1.54) is 23.7 Å². The Labute approximate surface area is 148 Å². The third kappa shape index (κ3) is 3.75. The SMILES string of the molecule is CC(=O)Nc1ccc(-c2cc(C(=O)Cl)nn2-c2ccc(F)cc2)cc1. The molecule has 0 aliphatic carbocycles. The molecule has 0 atom stereocenters. The van der Waals surface area contributed by atoms with Gasteiger partial charge in [-0.15, -0.1) is 0 Å². The van der Waals surface area contributed by atoms with Crippen LogP contribution in [-0.4, -0.2) is 20.9 Å². The molecule has 5 nitrogen and oxygen atoms in total. The normalized spacial score (nSPS) is 10.5. The first-order valence-electron chi connectivity index (χ1n) is 7.38. The van der Waals surface area contributed by atoms with Crippen molar-refractivity contribution in [1.29, 1.82) is 0 Å². The fraction of sp³-hybridized carbons (Fsp3) is 0.0556. The van der Waals surface area contributed by atoms with E-state index in [9.17, 15) is 14.0 Å². The van der Waals surface area contributed by atoms with Gasteiger partial charge in [0.15, 0.2) is 0 Å². The summed E-state index contributed by atoms with van der Waals surface area (Å²) >= 11 is 5.55. The minimum absolute atomic E-state index is 0.0897. The topological polar surface area (TPSA) is 64.0 Å². The van der Waals surface area contributed by atoms with Crippen molar-refractivity contribution in [1.82, 2.24) is 9.78 Å². The van der Waals surface area contributed by atoms with Crippen LogP contribution in [0.2, 0.25) is 0 Å². The van der Waals surface area contributed by atoms with E-state index in [4.69, 9.17) is 11.6 Å². The average molecular weight is 358 g/mol. The van der Waals surface area contributed by atoms with Crippen molar-refractivity contribution in [3.05, 3.63) is 66.1 Å². The van der Waals surface area contributed by atoms with E-state index >= 15 is 0 Å². The number of anilines is 1. The number of hydrogen-bond donors (Lipinski definition) is 1. The van der Waals surface area contributed by atoms with Crippen LogP contribution in [0.5, 0.6) is 0 Å². The number of nitrogens with zero attached hydrogens (tertiary/aromatic N) is 2. The summed E-state index contributed by atoms with van der Waals surface area (Å²) in [6, 6.07) is 14.3. The Bertz CT molecular complexity index is 934. The lowest BCUT2D eigenvalue weighted by Crippen LogP contribution is -2.05. The molecule has 0 saturated heterocycles. The lowest BCUT2D eigenvalue weighted by atomic mass is 10.1. The number of benzene rings is 2. The Kier molecular flexibility index (Phi) is 4.63. The van der Waals surface area contributed by atoms with Gasteiger partial charge in [-0.05, 0) is 54.1 Å². The molecule has 0 saturated carbocycles. The molecule has 1 N–H and O–H groups in total. The van der Waals surface area contributed by atoms with Gasteiger partial charge in [-0.2, -0.15) is 5.10 Å². The number of carbonyl (C=O) groups excluding carboxylic acids is 2. The van der Waals surface area contributed by atoms with Crippen LogP contribution in [0.4, 0.5) is 10.1 Å². The third-order valence-corrected chi connectivity index (χ3v) is 3.68. The maximum atomic E-state index is 13.2. The molecule has 2 aromatic carbocycles. The van der Waals surface area contributed by atoms with E-state index in [-0.39, 0.29) is 17.4 Å². The van der Waals surface area contributed by atoms with Crippen LogP contribution in [0.25, 0.3) is 16.9 Å².